The van der Waals surface area contributed by atoms with Gasteiger partial charge >= 0.3 is 0 Å². The van der Waals surface area contributed by atoms with Gasteiger partial charge in [-0.05, 0) is 40.2 Å². The number of aromatic nitrogens is 2. The van der Waals surface area contributed by atoms with E-state index in [0.29, 0.717) is 17.8 Å². The van der Waals surface area contributed by atoms with Crippen LogP contribution in [0.3, 0.4) is 0 Å². The third-order valence-corrected chi connectivity index (χ3v) is 5.04. The molecule has 0 aliphatic rings. The highest BCUT2D eigenvalue weighted by Gasteiger charge is 2.10. The Morgan fingerprint density at radius 1 is 1.26 bits per heavy atom. The van der Waals surface area contributed by atoms with Crippen LogP contribution in [0.5, 0.6) is 0 Å². The Hall–Kier alpha value is -1.76. The lowest BCUT2D eigenvalue weighted by Gasteiger charge is -2.19. The highest BCUT2D eigenvalue weighted by molar-refractivity contribution is 9.11. The lowest BCUT2D eigenvalue weighted by atomic mass is 10.2. The van der Waals surface area contributed by atoms with Crippen LogP contribution >= 0.6 is 27.3 Å². The topological polar surface area (TPSA) is 49.0 Å². The maximum atomic E-state index is 12.2. The van der Waals surface area contributed by atoms with Gasteiger partial charge in [0.15, 0.2) is 0 Å². The molecule has 1 aromatic carbocycles. The molecular weight excluding hydrogens is 374 g/mol. The number of H-pyrrole nitrogens is 1. The first-order chi connectivity index (χ1) is 11.2. The van der Waals surface area contributed by atoms with Crippen LogP contribution in [0, 0.1) is 0 Å². The molecular formula is C17H16BrN3OS. The van der Waals surface area contributed by atoms with Crippen LogP contribution in [0.2, 0.25) is 0 Å². The molecule has 0 bridgehead atoms. The van der Waals surface area contributed by atoms with Crippen molar-refractivity contribution in [1.82, 2.24) is 14.9 Å². The van der Waals surface area contributed by atoms with E-state index >= 15 is 0 Å². The normalized spacial score (nSPS) is 11.2. The molecule has 1 N–H and O–H groups in total. The summed E-state index contributed by atoms with van der Waals surface area (Å²) in [7, 11) is 0. The van der Waals surface area contributed by atoms with E-state index in [4.69, 9.17) is 0 Å². The smallest absolute Gasteiger partial charge is 0.258 e. The first-order valence-corrected chi connectivity index (χ1v) is 8.82. The number of fused-ring (bicyclic) bond motifs is 1. The van der Waals surface area contributed by atoms with Crippen LogP contribution in [0.25, 0.3) is 10.9 Å². The minimum Gasteiger partial charge on any atom is -0.309 e. The fraction of sp³-hybridized carbons (Fsp3) is 0.176. The first kappa shape index (κ1) is 16.1. The van der Waals surface area contributed by atoms with E-state index in [1.54, 1.807) is 17.4 Å². The molecule has 0 aliphatic carbocycles. The van der Waals surface area contributed by atoms with Gasteiger partial charge in [-0.15, -0.1) is 17.9 Å². The van der Waals surface area contributed by atoms with Gasteiger partial charge in [0.25, 0.3) is 5.56 Å². The fourth-order valence-corrected chi connectivity index (χ4v) is 3.97. The van der Waals surface area contributed by atoms with E-state index in [9.17, 15) is 4.79 Å². The molecule has 0 radical (unpaired) electrons. The molecule has 2 heterocycles. The second kappa shape index (κ2) is 7.21. The molecule has 0 spiro atoms. The lowest BCUT2D eigenvalue weighted by molar-refractivity contribution is 0.281. The number of aromatic amines is 1. The van der Waals surface area contributed by atoms with Crippen LogP contribution in [0.15, 0.2) is 57.6 Å². The summed E-state index contributed by atoms with van der Waals surface area (Å²) in [5, 5.41) is 0.619. The molecule has 0 saturated heterocycles. The van der Waals surface area contributed by atoms with Gasteiger partial charge in [0.2, 0.25) is 0 Å². The number of benzene rings is 1. The largest absolute Gasteiger partial charge is 0.309 e. The molecule has 3 rings (SSSR count). The summed E-state index contributed by atoms with van der Waals surface area (Å²) >= 11 is 5.19. The highest BCUT2D eigenvalue weighted by Crippen LogP contribution is 2.23. The Bertz CT molecular complexity index is 887. The molecule has 0 fully saturated rings. The summed E-state index contributed by atoms with van der Waals surface area (Å²) in [6.45, 7) is 5.91. The van der Waals surface area contributed by atoms with Crippen molar-refractivity contribution in [3.8, 4) is 0 Å². The average molecular weight is 390 g/mol. The minimum atomic E-state index is -0.0944. The monoisotopic (exact) mass is 389 g/mol. The van der Waals surface area contributed by atoms with Crippen LogP contribution in [-0.2, 0) is 13.1 Å². The van der Waals surface area contributed by atoms with Gasteiger partial charge in [-0.25, -0.2) is 4.98 Å². The summed E-state index contributed by atoms with van der Waals surface area (Å²) in [5.41, 5.74) is 0.631. The molecule has 6 heteroatoms. The third-order valence-electron chi connectivity index (χ3n) is 3.43. The molecule has 118 valence electrons. The van der Waals surface area contributed by atoms with Crippen molar-refractivity contribution in [3.05, 3.63) is 73.9 Å². The molecule has 4 nitrogen and oxygen atoms in total. The summed E-state index contributed by atoms with van der Waals surface area (Å²) in [5.74, 6) is 0.672. The van der Waals surface area contributed by atoms with Crippen molar-refractivity contribution in [2.24, 2.45) is 0 Å². The predicted octanol–water partition coefficient (Wildman–Crippen LogP) is 3.94. The molecule has 2 aromatic heterocycles. The van der Waals surface area contributed by atoms with Gasteiger partial charge in [-0.2, -0.15) is 0 Å². The van der Waals surface area contributed by atoms with Crippen molar-refractivity contribution < 1.29 is 0 Å². The number of nitrogens with one attached hydrogen (secondary N) is 1. The number of halogens is 1. The first-order valence-electron chi connectivity index (χ1n) is 7.21. The fourth-order valence-electron chi connectivity index (χ4n) is 2.45. The van der Waals surface area contributed by atoms with Gasteiger partial charge in [0.1, 0.15) is 5.82 Å². The van der Waals surface area contributed by atoms with Gasteiger partial charge in [0.05, 0.1) is 21.2 Å². The number of hydrogen-bond donors (Lipinski definition) is 1. The Morgan fingerprint density at radius 2 is 2.09 bits per heavy atom. The zero-order valence-corrected chi connectivity index (χ0v) is 14.9. The molecule has 0 saturated carbocycles. The molecule has 23 heavy (non-hydrogen) atoms. The lowest BCUT2D eigenvalue weighted by Crippen LogP contribution is -2.25. The predicted molar refractivity (Wildman–Crippen MR) is 98.7 cm³/mol. The van der Waals surface area contributed by atoms with E-state index < -0.39 is 0 Å². The summed E-state index contributed by atoms with van der Waals surface area (Å²) in [4.78, 5) is 23.1. The molecule has 0 amide bonds. The quantitative estimate of drug-likeness (QED) is 0.649. The van der Waals surface area contributed by atoms with Crippen molar-refractivity contribution in [3.63, 3.8) is 0 Å². The molecule has 3 aromatic rings. The van der Waals surface area contributed by atoms with E-state index in [1.165, 1.54) is 4.88 Å². The van der Waals surface area contributed by atoms with Crippen molar-refractivity contribution >= 4 is 38.2 Å². The zero-order valence-electron chi connectivity index (χ0n) is 12.5. The number of rotatable bonds is 6. The number of para-hydroxylation sites is 1. The zero-order chi connectivity index (χ0) is 16.2. The van der Waals surface area contributed by atoms with Gasteiger partial charge < -0.3 is 4.98 Å². The van der Waals surface area contributed by atoms with Crippen molar-refractivity contribution in [2.75, 3.05) is 6.54 Å². The Labute approximate surface area is 146 Å². The molecule has 0 atom stereocenters. The standard InChI is InChI=1S/C17H16BrN3OS/c1-2-9-21(10-12-7-8-15(18)23-12)11-16-19-14-6-4-3-5-13(14)17(22)20-16/h2-8H,1,9-11H2,(H,19,20,22). The minimum absolute atomic E-state index is 0.0944. The average Bonchev–Trinajstić information content (AvgIpc) is 2.93. The highest BCUT2D eigenvalue weighted by atomic mass is 79.9. The summed E-state index contributed by atoms with van der Waals surface area (Å²) in [6, 6.07) is 11.5. The SMILES string of the molecule is C=CCN(Cc1nc2ccccc2c(=O)[nH]1)Cc1ccc(Br)s1. The van der Waals surface area contributed by atoms with E-state index in [2.05, 4.69) is 43.4 Å². The van der Waals surface area contributed by atoms with Crippen LogP contribution < -0.4 is 5.56 Å². The van der Waals surface area contributed by atoms with Gasteiger partial charge in [0, 0.05) is 18.0 Å². The molecule has 0 unspecified atom stereocenters. The van der Waals surface area contributed by atoms with Crippen molar-refractivity contribution in [2.45, 2.75) is 13.1 Å². The van der Waals surface area contributed by atoms with Crippen LogP contribution in [0.1, 0.15) is 10.7 Å². The van der Waals surface area contributed by atoms with E-state index in [-0.39, 0.29) is 5.56 Å². The maximum Gasteiger partial charge on any atom is 0.258 e. The maximum absolute atomic E-state index is 12.2. The second-order valence-corrected chi connectivity index (χ2v) is 7.74. The van der Waals surface area contributed by atoms with Gasteiger partial charge in [-0.3, -0.25) is 9.69 Å². The Morgan fingerprint density at radius 3 is 2.83 bits per heavy atom. The Kier molecular flexibility index (Phi) is 5.05. The summed E-state index contributed by atoms with van der Waals surface area (Å²) in [6.07, 6.45) is 1.86. The molecule has 0 aliphatic heterocycles. The van der Waals surface area contributed by atoms with Crippen LogP contribution in [0.4, 0.5) is 0 Å². The summed E-state index contributed by atoms with van der Waals surface area (Å²) < 4.78 is 1.11. The number of nitrogens with zero attached hydrogens (tertiary/aromatic N) is 2. The van der Waals surface area contributed by atoms with Crippen molar-refractivity contribution in [1.29, 1.82) is 0 Å². The van der Waals surface area contributed by atoms with Crippen LogP contribution in [-0.4, -0.2) is 21.4 Å². The Balaban J connectivity index is 1.84. The third kappa shape index (κ3) is 3.96. The van der Waals surface area contributed by atoms with E-state index in [0.717, 1.165) is 22.4 Å². The van der Waals surface area contributed by atoms with Gasteiger partial charge in [-0.1, -0.05) is 18.2 Å². The van der Waals surface area contributed by atoms with E-state index in [1.807, 2.05) is 30.3 Å². The number of thiophene rings is 1. The number of hydrogen-bond acceptors (Lipinski definition) is 4. The second-order valence-electron chi connectivity index (χ2n) is 5.19.